The maximum Gasteiger partial charge on any atom is 0.160 e. The van der Waals surface area contributed by atoms with Gasteiger partial charge in [0.15, 0.2) is 15.6 Å². The van der Waals surface area contributed by atoms with Gasteiger partial charge in [-0.05, 0) is 43.0 Å². The maximum atomic E-state index is 13.0. The van der Waals surface area contributed by atoms with E-state index in [4.69, 9.17) is 0 Å². The lowest BCUT2D eigenvalue weighted by Gasteiger charge is -2.21. The van der Waals surface area contributed by atoms with Gasteiger partial charge in [-0.1, -0.05) is 12.5 Å². The molecule has 0 aliphatic carbocycles. The Kier molecular flexibility index (Phi) is 4.04. The molecule has 19 heavy (non-hydrogen) atoms. The average Bonchev–Trinajstić information content (AvgIpc) is 2.32. The Morgan fingerprint density at radius 1 is 1.37 bits per heavy atom. The van der Waals surface area contributed by atoms with E-state index in [9.17, 15) is 17.6 Å². The molecule has 3 nitrogen and oxygen atoms in total. The molecule has 0 radical (unpaired) electrons. The molecule has 1 unspecified atom stereocenters. The number of Topliss-reactive ketones (excluding diaryl/α,β-unsaturated/α-hetero) is 1. The Bertz CT molecular complexity index is 593. The second-order valence-corrected chi connectivity index (χ2v) is 7.37. The van der Waals surface area contributed by atoms with Crippen molar-refractivity contribution < 1.29 is 17.6 Å². The summed E-state index contributed by atoms with van der Waals surface area (Å²) in [5.41, 5.74) is 1.38. The van der Waals surface area contributed by atoms with Crippen molar-refractivity contribution in [2.75, 3.05) is 5.75 Å². The molecule has 0 saturated carbocycles. The van der Waals surface area contributed by atoms with Crippen LogP contribution in [0.5, 0.6) is 0 Å². The molecule has 0 aromatic heterocycles. The summed E-state index contributed by atoms with van der Waals surface area (Å²) in [4.78, 5) is 12.1. The van der Waals surface area contributed by atoms with Crippen LogP contribution < -0.4 is 0 Å². The Morgan fingerprint density at radius 2 is 2.11 bits per heavy atom. The van der Waals surface area contributed by atoms with Crippen molar-refractivity contribution in [2.45, 2.75) is 37.9 Å². The lowest BCUT2D eigenvalue weighted by Crippen LogP contribution is -2.36. The third-order valence-corrected chi connectivity index (χ3v) is 5.83. The number of halogens is 1. The molecule has 1 fully saturated rings. The van der Waals surface area contributed by atoms with Crippen LogP contribution in [0.25, 0.3) is 0 Å². The molecule has 2 rings (SSSR count). The first-order valence-electron chi connectivity index (χ1n) is 6.39. The van der Waals surface area contributed by atoms with Crippen molar-refractivity contribution in [3.8, 4) is 0 Å². The van der Waals surface area contributed by atoms with Gasteiger partial charge in [-0.2, -0.15) is 0 Å². The molecule has 0 amide bonds. The molecule has 1 aliphatic heterocycles. The zero-order valence-corrected chi connectivity index (χ0v) is 11.7. The van der Waals surface area contributed by atoms with Crippen molar-refractivity contribution in [3.05, 3.63) is 35.1 Å². The predicted molar refractivity (Wildman–Crippen MR) is 71.3 cm³/mol. The first kappa shape index (κ1) is 14.2. The average molecular weight is 284 g/mol. The summed E-state index contributed by atoms with van der Waals surface area (Å²) < 4.78 is 36.7. The number of carbonyl (C=O) groups excluding carboxylic acids is 1. The lowest BCUT2D eigenvalue weighted by molar-refractivity contribution is -0.118. The maximum absolute atomic E-state index is 13.0. The van der Waals surface area contributed by atoms with Gasteiger partial charge in [0.25, 0.3) is 0 Å². The molecule has 5 heteroatoms. The van der Waals surface area contributed by atoms with E-state index in [0.717, 1.165) is 6.42 Å². The highest BCUT2D eigenvalue weighted by Gasteiger charge is 2.34. The van der Waals surface area contributed by atoms with Gasteiger partial charge >= 0.3 is 0 Å². The second kappa shape index (κ2) is 5.41. The number of rotatable bonds is 3. The lowest BCUT2D eigenvalue weighted by atomic mass is 10.00. The van der Waals surface area contributed by atoms with Crippen molar-refractivity contribution in [1.82, 2.24) is 0 Å². The fourth-order valence-electron chi connectivity index (χ4n) is 2.48. The van der Waals surface area contributed by atoms with Crippen LogP contribution in [0.15, 0.2) is 18.2 Å². The summed E-state index contributed by atoms with van der Waals surface area (Å²) in [5.74, 6) is -0.514. The molecule has 1 saturated heterocycles. The van der Waals surface area contributed by atoms with E-state index in [1.165, 1.54) is 12.1 Å². The van der Waals surface area contributed by atoms with Crippen LogP contribution >= 0.6 is 0 Å². The molecule has 1 aliphatic rings. The summed E-state index contributed by atoms with van der Waals surface area (Å²) in [7, 11) is -3.29. The van der Waals surface area contributed by atoms with Gasteiger partial charge in [0.2, 0.25) is 0 Å². The minimum absolute atomic E-state index is 0.0655. The number of aryl methyl sites for hydroxylation is 1. The normalized spacial score (nSPS) is 22.1. The summed E-state index contributed by atoms with van der Waals surface area (Å²) in [6.45, 7) is 1.72. The van der Waals surface area contributed by atoms with Gasteiger partial charge in [0, 0.05) is 6.42 Å². The summed E-state index contributed by atoms with van der Waals surface area (Å²) in [6, 6.07) is 4.21. The summed E-state index contributed by atoms with van der Waals surface area (Å²) >= 11 is 0. The molecule has 1 heterocycles. The van der Waals surface area contributed by atoms with Crippen LogP contribution in [0.1, 0.15) is 30.4 Å². The highest BCUT2D eigenvalue weighted by atomic mass is 32.2. The van der Waals surface area contributed by atoms with Crippen LogP contribution in [0.2, 0.25) is 0 Å². The minimum atomic E-state index is -3.29. The van der Waals surface area contributed by atoms with Gasteiger partial charge in [0.1, 0.15) is 11.1 Å². The van der Waals surface area contributed by atoms with Crippen LogP contribution in [0, 0.1) is 12.7 Å². The quantitative estimate of drug-likeness (QED) is 0.855. The van der Waals surface area contributed by atoms with Gasteiger partial charge in [-0.15, -0.1) is 0 Å². The highest BCUT2D eigenvalue weighted by molar-refractivity contribution is 7.92. The number of hydrogen-bond acceptors (Lipinski definition) is 3. The van der Waals surface area contributed by atoms with Crippen molar-refractivity contribution in [1.29, 1.82) is 0 Å². The molecule has 0 N–H and O–H groups in total. The Balaban J connectivity index is 2.17. The van der Waals surface area contributed by atoms with E-state index in [1.54, 1.807) is 13.0 Å². The molecule has 1 atom stereocenters. The minimum Gasteiger partial charge on any atom is -0.298 e. The van der Waals surface area contributed by atoms with E-state index in [2.05, 4.69) is 0 Å². The van der Waals surface area contributed by atoms with E-state index in [-0.39, 0.29) is 23.8 Å². The third-order valence-electron chi connectivity index (χ3n) is 3.61. The third kappa shape index (κ3) is 3.21. The van der Waals surface area contributed by atoms with E-state index >= 15 is 0 Å². The Labute approximate surface area is 112 Å². The highest BCUT2D eigenvalue weighted by Crippen LogP contribution is 2.22. The predicted octanol–water partition coefficient (Wildman–Crippen LogP) is 2.21. The van der Waals surface area contributed by atoms with Gasteiger partial charge in [-0.25, -0.2) is 12.8 Å². The summed E-state index contributed by atoms with van der Waals surface area (Å²) in [5, 5.41) is -0.870. The fourth-order valence-corrected chi connectivity index (χ4v) is 4.38. The summed E-state index contributed by atoms with van der Waals surface area (Å²) in [6.07, 6.45) is 1.90. The molecule has 0 spiro atoms. The molecular weight excluding hydrogens is 267 g/mol. The zero-order valence-electron chi connectivity index (χ0n) is 10.9. The van der Waals surface area contributed by atoms with Crippen LogP contribution in [0.3, 0.4) is 0 Å². The van der Waals surface area contributed by atoms with Crippen LogP contribution in [0.4, 0.5) is 4.39 Å². The first-order chi connectivity index (χ1) is 8.90. The number of ketones is 1. The van der Waals surface area contributed by atoms with Crippen LogP contribution in [-0.4, -0.2) is 25.2 Å². The zero-order chi connectivity index (χ0) is 14.0. The Hall–Kier alpha value is -1.23. The number of benzene rings is 1. The number of hydrogen-bond donors (Lipinski definition) is 0. The standard InChI is InChI=1S/C14H17FO3S/c1-10-8-12(15)6-5-11(10)9-13(16)14-4-2-3-7-19(14,17)18/h5-6,8,14H,2-4,7,9H2,1H3. The smallest absolute Gasteiger partial charge is 0.160 e. The molecular formula is C14H17FO3S. The number of sulfone groups is 1. The molecule has 104 valence electrons. The van der Waals surface area contributed by atoms with Gasteiger partial charge < -0.3 is 0 Å². The van der Waals surface area contributed by atoms with E-state index < -0.39 is 15.1 Å². The topological polar surface area (TPSA) is 51.2 Å². The molecule has 1 aromatic rings. The fraction of sp³-hybridized carbons (Fsp3) is 0.500. The number of carbonyl (C=O) groups is 1. The van der Waals surface area contributed by atoms with Crippen LogP contribution in [-0.2, 0) is 21.1 Å². The first-order valence-corrected chi connectivity index (χ1v) is 8.11. The van der Waals surface area contributed by atoms with Gasteiger partial charge in [-0.3, -0.25) is 4.79 Å². The molecule has 1 aromatic carbocycles. The van der Waals surface area contributed by atoms with Gasteiger partial charge in [0.05, 0.1) is 5.75 Å². The Morgan fingerprint density at radius 3 is 2.74 bits per heavy atom. The van der Waals surface area contributed by atoms with Crippen molar-refractivity contribution in [2.24, 2.45) is 0 Å². The monoisotopic (exact) mass is 284 g/mol. The van der Waals surface area contributed by atoms with E-state index in [1.807, 2.05) is 0 Å². The van der Waals surface area contributed by atoms with Crippen molar-refractivity contribution in [3.63, 3.8) is 0 Å². The van der Waals surface area contributed by atoms with Crippen molar-refractivity contribution >= 4 is 15.6 Å². The molecule has 0 bridgehead atoms. The largest absolute Gasteiger partial charge is 0.298 e. The van der Waals surface area contributed by atoms with E-state index in [0.29, 0.717) is 24.0 Å². The second-order valence-electron chi connectivity index (χ2n) is 5.07. The SMILES string of the molecule is Cc1cc(F)ccc1CC(=O)C1CCCCS1(=O)=O.